The topological polar surface area (TPSA) is 103 Å². The number of nitrogens with two attached hydrogens (primary N) is 1. The highest BCUT2D eigenvalue weighted by Crippen LogP contribution is 2.46. The van der Waals surface area contributed by atoms with Crippen LogP contribution < -0.4 is 20.7 Å². The number of halogens is 4. The molecule has 224 valence electrons. The zero-order valence-electron chi connectivity index (χ0n) is 23.2. The maximum absolute atomic E-state index is 16.8. The van der Waals surface area contributed by atoms with Crippen molar-refractivity contribution in [3.63, 3.8) is 0 Å². The molecule has 13 heteroatoms. The zero-order chi connectivity index (χ0) is 29.9. The van der Waals surface area contributed by atoms with E-state index >= 15 is 4.39 Å². The summed E-state index contributed by atoms with van der Waals surface area (Å²) in [5.74, 6) is -0.809. The summed E-state index contributed by atoms with van der Waals surface area (Å²) in [4.78, 5) is 13.5. The Morgan fingerprint density at radius 2 is 2.07 bits per heavy atom. The Hall–Kier alpha value is -3.37. The van der Waals surface area contributed by atoms with Crippen molar-refractivity contribution in [1.82, 2.24) is 20.2 Å². The Bertz CT molecular complexity index is 1790. The van der Waals surface area contributed by atoms with Gasteiger partial charge in [-0.15, -0.1) is 11.3 Å². The monoisotopic (exact) mass is 627 g/mol. The Kier molecular flexibility index (Phi) is 7.24. The molecule has 0 aliphatic carbocycles. The molecule has 43 heavy (non-hydrogen) atoms. The molecule has 2 aromatic heterocycles. The number of hydrogen-bond donors (Lipinski definition) is 2. The average molecular weight is 628 g/mol. The fourth-order valence-corrected chi connectivity index (χ4v) is 8.17. The lowest BCUT2D eigenvalue weighted by Crippen LogP contribution is -2.43. The van der Waals surface area contributed by atoms with Gasteiger partial charge in [0.05, 0.1) is 20.8 Å². The molecule has 4 aromatic rings. The van der Waals surface area contributed by atoms with Gasteiger partial charge in [-0.05, 0) is 50.0 Å². The number of ether oxygens (including phenoxy) is 1. The number of fused-ring (bicyclic) bond motifs is 3. The van der Waals surface area contributed by atoms with Gasteiger partial charge in [0.1, 0.15) is 41.0 Å². The second-order valence-corrected chi connectivity index (χ2v) is 12.9. The number of nitrogen functional groups attached to an aromatic ring is 1. The first-order valence-corrected chi connectivity index (χ1v) is 15.6. The highest BCUT2D eigenvalue weighted by atomic mass is 35.5. The maximum atomic E-state index is 16.8. The summed E-state index contributed by atoms with van der Waals surface area (Å²) in [6.45, 7) is 4.26. The summed E-state index contributed by atoms with van der Waals surface area (Å²) >= 11 is 7.72. The van der Waals surface area contributed by atoms with Gasteiger partial charge in [0, 0.05) is 48.9 Å². The van der Waals surface area contributed by atoms with Crippen molar-refractivity contribution in [3.05, 3.63) is 40.4 Å². The smallest absolute Gasteiger partial charge is 0.319 e. The van der Waals surface area contributed by atoms with E-state index in [1.165, 1.54) is 12.1 Å². The Morgan fingerprint density at radius 1 is 1.21 bits per heavy atom. The van der Waals surface area contributed by atoms with Crippen LogP contribution in [0, 0.1) is 23.0 Å². The van der Waals surface area contributed by atoms with Crippen molar-refractivity contribution in [3.8, 4) is 23.2 Å². The number of aromatic nitrogens is 2. The summed E-state index contributed by atoms with van der Waals surface area (Å²) in [7, 11) is 0. The van der Waals surface area contributed by atoms with Gasteiger partial charge in [0.25, 0.3) is 0 Å². The second-order valence-electron chi connectivity index (χ2n) is 11.5. The molecule has 0 unspecified atom stereocenters. The number of thiophene rings is 1. The first-order chi connectivity index (χ1) is 20.8. The van der Waals surface area contributed by atoms with Gasteiger partial charge >= 0.3 is 6.01 Å². The predicted molar refractivity (Wildman–Crippen MR) is 163 cm³/mol. The quantitative estimate of drug-likeness (QED) is 0.293. The summed E-state index contributed by atoms with van der Waals surface area (Å²) in [5, 5.41) is 14.0. The fourth-order valence-electron chi connectivity index (χ4n) is 6.93. The van der Waals surface area contributed by atoms with E-state index in [1.54, 1.807) is 6.07 Å². The van der Waals surface area contributed by atoms with Crippen molar-refractivity contribution in [2.75, 3.05) is 56.5 Å². The molecule has 0 radical (unpaired) electrons. The van der Waals surface area contributed by atoms with E-state index in [9.17, 15) is 14.0 Å². The van der Waals surface area contributed by atoms with E-state index in [0.717, 1.165) is 50.2 Å². The largest absolute Gasteiger partial charge is 0.461 e. The van der Waals surface area contributed by atoms with Gasteiger partial charge in [-0.25, -0.2) is 13.2 Å². The van der Waals surface area contributed by atoms with Gasteiger partial charge in [0.15, 0.2) is 5.82 Å². The molecule has 0 bridgehead atoms. The van der Waals surface area contributed by atoms with Crippen LogP contribution >= 0.6 is 22.9 Å². The zero-order valence-corrected chi connectivity index (χ0v) is 24.8. The van der Waals surface area contributed by atoms with E-state index in [1.807, 2.05) is 6.07 Å². The van der Waals surface area contributed by atoms with Crippen molar-refractivity contribution in [2.24, 2.45) is 0 Å². The number of benzene rings is 2. The van der Waals surface area contributed by atoms with E-state index < -0.39 is 23.3 Å². The Labute approximate surface area is 255 Å². The SMILES string of the molecule is N#Cc1c(N)sc2c(F)ccc(-c3c(Cl)cc4c(N5CCCNCC5)nc(OC[C@@]56CCCN5C[C@H](F)C6)nc4c3F)c12. The average Bonchev–Trinajstić information content (AvgIpc) is 3.53. The molecular formula is C30H29ClF3N7OS. The van der Waals surface area contributed by atoms with Crippen LogP contribution in [0.2, 0.25) is 5.02 Å². The minimum atomic E-state index is -0.916. The van der Waals surface area contributed by atoms with Gasteiger partial charge in [-0.1, -0.05) is 17.7 Å². The minimum absolute atomic E-state index is 0.00263. The number of nitrogens with zero attached hydrogens (tertiary/aromatic N) is 5. The summed E-state index contributed by atoms with van der Waals surface area (Å²) in [6.07, 6.45) is 2.09. The molecule has 0 amide bonds. The Balaban J connectivity index is 1.39. The molecule has 8 nitrogen and oxygen atoms in total. The normalized spacial score (nSPS) is 22.7. The number of hydrogen-bond acceptors (Lipinski definition) is 9. The highest BCUT2D eigenvalue weighted by molar-refractivity contribution is 7.23. The molecule has 2 aromatic carbocycles. The number of nitrogens with one attached hydrogen (secondary N) is 1. The molecule has 3 fully saturated rings. The lowest BCUT2D eigenvalue weighted by molar-refractivity contribution is 0.107. The van der Waals surface area contributed by atoms with Crippen molar-refractivity contribution >= 4 is 54.7 Å². The molecule has 3 N–H and O–H groups in total. The fraction of sp³-hybridized carbons (Fsp3) is 0.433. The van der Waals surface area contributed by atoms with E-state index in [2.05, 4.69) is 20.1 Å². The predicted octanol–water partition coefficient (Wildman–Crippen LogP) is 5.65. The van der Waals surface area contributed by atoms with Gasteiger partial charge in [-0.3, -0.25) is 4.90 Å². The van der Waals surface area contributed by atoms with Crippen molar-refractivity contribution < 1.29 is 17.9 Å². The van der Waals surface area contributed by atoms with Crippen LogP contribution in [0.3, 0.4) is 0 Å². The molecule has 3 aliphatic heterocycles. The molecule has 7 rings (SSSR count). The van der Waals surface area contributed by atoms with Crippen LogP contribution in [0.25, 0.3) is 32.1 Å². The minimum Gasteiger partial charge on any atom is -0.461 e. The molecular weight excluding hydrogens is 599 g/mol. The van der Waals surface area contributed by atoms with Crippen LogP contribution in [-0.2, 0) is 0 Å². The van der Waals surface area contributed by atoms with Gasteiger partial charge < -0.3 is 20.7 Å². The third-order valence-corrected chi connectivity index (χ3v) is 10.2. The lowest BCUT2D eigenvalue weighted by Gasteiger charge is -2.31. The molecule has 0 saturated carbocycles. The van der Waals surface area contributed by atoms with E-state index in [-0.39, 0.29) is 54.9 Å². The van der Waals surface area contributed by atoms with Gasteiger partial charge in [0.2, 0.25) is 0 Å². The van der Waals surface area contributed by atoms with Crippen molar-refractivity contribution in [1.29, 1.82) is 5.26 Å². The number of anilines is 2. The number of nitriles is 1. The third-order valence-electron chi connectivity index (χ3n) is 8.91. The molecule has 3 saturated heterocycles. The first-order valence-electron chi connectivity index (χ1n) is 14.4. The Morgan fingerprint density at radius 3 is 2.91 bits per heavy atom. The summed E-state index contributed by atoms with van der Waals surface area (Å²) in [6, 6.07) is 6.26. The van der Waals surface area contributed by atoms with Crippen LogP contribution in [0.4, 0.5) is 24.0 Å². The van der Waals surface area contributed by atoms with Gasteiger partial charge in [-0.2, -0.15) is 15.2 Å². The van der Waals surface area contributed by atoms with Crippen LogP contribution in [0.1, 0.15) is 31.2 Å². The van der Waals surface area contributed by atoms with Crippen LogP contribution in [-0.4, -0.2) is 72.5 Å². The van der Waals surface area contributed by atoms with Crippen LogP contribution in [0.5, 0.6) is 6.01 Å². The molecule has 2 atom stereocenters. The molecule has 0 spiro atoms. The van der Waals surface area contributed by atoms with E-state index in [4.69, 9.17) is 27.1 Å². The van der Waals surface area contributed by atoms with Crippen LogP contribution in [0.15, 0.2) is 18.2 Å². The molecule has 3 aliphatic rings. The first kappa shape index (κ1) is 28.4. The van der Waals surface area contributed by atoms with Crippen molar-refractivity contribution in [2.45, 2.75) is 37.4 Å². The highest BCUT2D eigenvalue weighted by Gasteiger charge is 2.49. The second kappa shape index (κ2) is 11.0. The number of alkyl halides is 1. The summed E-state index contributed by atoms with van der Waals surface area (Å²) in [5.41, 5.74) is 5.90. The maximum Gasteiger partial charge on any atom is 0.319 e. The lowest BCUT2D eigenvalue weighted by atomic mass is 9.95. The summed E-state index contributed by atoms with van der Waals surface area (Å²) < 4.78 is 52.3. The standard InChI is InChI=1S/C30H29ClF3N7OS/c31-20-11-18-25(24(34)23(20)17-3-4-21(33)26-22(17)19(13-35)27(36)43-26)38-29(39-28(18)40-8-2-6-37-7-10-40)42-15-30-5-1-9-41(30)14-16(32)12-30/h3-4,11,16,37H,1-2,5-10,12,14-15,36H2/t16-,30+/m1/s1. The third kappa shape index (κ3) is 4.73. The number of rotatable bonds is 5. The molecule has 5 heterocycles. The van der Waals surface area contributed by atoms with E-state index in [0.29, 0.717) is 37.3 Å².